The van der Waals surface area contributed by atoms with Crippen LogP contribution in [0.3, 0.4) is 0 Å². The van der Waals surface area contributed by atoms with Crippen molar-refractivity contribution in [2.45, 2.75) is 58.1 Å². The van der Waals surface area contributed by atoms with Crippen LogP contribution in [-0.2, 0) is 26.4 Å². The van der Waals surface area contributed by atoms with E-state index in [0.29, 0.717) is 0 Å². The van der Waals surface area contributed by atoms with Crippen molar-refractivity contribution >= 4 is 9.84 Å². The van der Waals surface area contributed by atoms with E-state index < -0.39 is 9.84 Å². The fourth-order valence-corrected chi connectivity index (χ4v) is 3.00. The van der Waals surface area contributed by atoms with Crippen LogP contribution < -0.4 is 0 Å². The molecule has 0 spiro atoms. The summed E-state index contributed by atoms with van der Waals surface area (Å²) in [5.74, 6) is 0.115. The van der Waals surface area contributed by atoms with Crippen molar-refractivity contribution in [2.75, 3.05) is 6.26 Å². The molecule has 0 atom stereocenters. The van der Waals surface area contributed by atoms with Gasteiger partial charge in [-0.15, -0.1) is 0 Å². The lowest BCUT2D eigenvalue weighted by Gasteiger charge is -2.26. The van der Waals surface area contributed by atoms with E-state index in [-0.39, 0.29) is 16.6 Å². The zero-order chi connectivity index (χ0) is 15.1. The van der Waals surface area contributed by atoms with Gasteiger partial charge < -0.3 is 0 Å². The van der Waals surface area contributed by atoms with E-state index in [2.05, 4.69) is 59.7 Å². The van der Waals surface area contributed by atoms with E-state index in [1.165, 1.54) is 11.8 Å². The molecule has 0 amide bonds. The third-order valence-electron chi connectivity index (χ3n) is 3.20. The fraction of sp³-hybridized carbons (Fsp3) is 0.625. The normalized spacial score (nSPS) is 13.6. The summed E-state index contributed by atoms with van der Waals surface area (Å²) in [4.78, 5) is 0. The van der Waals surface area contributed by atoms with E-state index in [1.807, 2.05) is 0 Å². The summed E-state index contributed by atoms with van der Waals surface area (Å²) in [6, 6.07) is 6.26. The molecule has 0 aliphatic rings. The molecule has 0 unspecified atom stereocenters. The number of hydrogen-bond acceptors (Lipinski definition) is 2. The van der Waals surface area contributed by atoms with Crippen molar-refractivity contribution < 1.29 is 8.42 Å². The van der Waals surface area contributed by atoms with Crippen LogP contribution >= 0.6 is 0 Å². The Morgan fingerprint density at radius 3 is 1.84 bits per heavy atom. The largest absolute Gasteiger partial charge is 0.229 e. The smallest absolute Gasteiger partial charge is 0.151 e. The summed E-state index contributed by atoms with van der Waals surface area (Å²) in [6.45, 7) is 12.8. The zero-order valence-electron chi connectivity index (χ0n) is 13.2. The Morgan fingerprint density at radius 2 is 1.47 bits per heavy atom. The molecule has 0 saturated carbocycles. The Bertz CT molecular complexity index is 555. The Labute approximate surface area is 118 Å². The Morgan fingerprint density at radius 1 is 0.947 bits per heavy atom. The minimum Gasteiger partial charge on any atom is -0.229 e. The average Bonchev–Trinajstić information content (AvgIpc) is 2.11. The topological polar surface area (TPSA) is 34.1 Å². The predicted molar refractivity (Wildman–Crippen MR) is 82.4 cm³/mol. The molecule has 0 N–H and O–H groups in total. The SMILES string of the molecule is CC(C)(C)c1ccc(C(C)(C)C)c(CS(C)(=O)=O)c1. The van der Waals surface area contributed by atoms with Crippen molar-refractivity contribution in [3.63, 3.8) is 0 Å². The standard InChI is InChI=1S/C16H26O2S/c1-15(2,3)13-8-9-14(16(4,5)6)12(10-13)11-19(7,17)18/h8-10H,11H2,1-7H3. The first kappa shape index (κ1) is 16.2. The molecule has 1 rings (SSSR count). The van der Waals surface area contributed by atoms with Crippen molar-refractivity contribution in [3.8, 4) is 0 Å². The van der Waals surface area contributed by atoms with Crippen LogP contribution in [0.2, 0.25) is 0 Å². The Balaban J connectivity index is 3.44. The van der Waals surface area contributed by atoms with Crippen LogP contribution in [0.15, 0.2) is 18.2 Å². The lowest BCUT2D eigenvalue weighted by Crippen LogP contribution is -2.19. The van der Waals surface area contributed by atoms with Gasteiger partial charge in [0.25, 0.3) is 0 Å². The second kappa shape index (κ2) is 4.93. The highest BCUT2D eigenvalue weighted by Crippen LogP contribution is 2.31. The summed E-state index contributed by atoms with van der Waals surface area (Å²) in [7, 11) is -3.02. The van der Waals surface area contributed by atoms with Gasteiger partial charge in [0.2, 0.25) is 0 Å². The van der Waals surface area contributed by atoms with Gasteiger partial charge >= 0.3 is 0 Å². The van der Waals surface area contributed by atoms with Crippen molar-refractivity contribution in [3.05, 3.63) is 34.9 Å². The van der Waals surface area contributed by atoms with Gasteiger partial charge in [-0.05, 0) is 27.5 Å². The first-order valence-electron chi connectivity index (χ1n) is 6.62. The monoisotopic (exact) mass is 282 g/mol. The van der Waals surface area contributed by atoms with E-state index in [4.69, 9.17) is 0 Å². The lowest BCUT2D eigenvalue weighted by molar-refractivity contribution is 0.569. The second-order valence-corrected chi connectivity index (χ2v) is 9.58. The molecular formula is C16H26O2S. The first-order valence-corrected chi connectivity index (χ1v) is 8.68. The van der Waals surface area contributed by atoms with Gasteiger partial charge in [-0.2, -0.15) is 0 Å². The maximum Gasteiger partial charge on any atom is 0.151 e. The minimum absolute atomic E-state index is 0.0304. The second-order valence-electron chi connectivity index (χ2n) is 7.44. The van der Waals surface area contributed by atoms with Crippen LogP contribution in [-0.4, -0.2) is 14.7 Å². The van der Waals surface area contributed by atoms with Crippen LogP contribution in [0, 0.1) is 0 Å². The predicted octanol–water partition coefficient (Wildman–Crippen LogP) is 3.83. The molecule has 0 aliphatic heterocycles. The van der Waals surface area contributed by atoms with Gasteiger partial charge in [-0.3, -0.25) is 0 Å². The molecule has 3 heteroatoms. The van der Waals surface area contributed by atoms with Crippen LogP contribution in [0.5, 0.6) is 0 Å². The molecule has 0 heterocycles. The van der Waals surface area contributed by atoms with Crippen molar-refractivity contribution in [1.29, 1.82) is 0 Å². The molecule has 1 aromatic carbocycles. The van der Waals surface area contributed by atoms with Gasteiger partial charge in [-0.25, -0.2) is 8.42 Å². The van der Waals surface area contributed by atoms with Gasteiger partial charge in [-0.1, -0.05) is 59.7 Å². The Kier molecular flexibility index (Phi) is 4.21. The highest BCUT2D eigenvalue weighted by molar-refractivity contribution is 7.89. The third-order valence-corrected chi connectivity index (χ3v) is 4.03. The zero-order valence-corrected chi connectivity index (χ0v) is 14.0. The number of hydrogen-bond donors (Lipinski definition) is 0. The highest BCUT2D eigenvalue weighted by Gasteiger charge is 2.22. The lowest BCUT2D eigenvalue weighted by atomic mass is 9.80. The van der Waals surface area contributed by atoms with Gasteiger partial charge in [0.05, 0.1) is 5.75 Å². The van der Waals surface area contributed by atoms with Crippen molar-refractivity contribution in [1.82, 2.24) is 0 Å². The van der Waals surface area contributed by atoms with Crippen LogP contribution in [0.25, 0.3) is 0 Å². The number of sulfone groups is 1. The maximum atomic E-state index is 11.6. The number of rotatable bonds is 2. The summed E-state index contributed by atoms with van der Waals surface area (Å²) in [5.41, 5.74) is 3.21. The van der Waals surface area contributed by atoms with E-state index in [1.54, 1.807) is 0 Å². The summed E-state index contributed by atoms with van der Waals surface area (Å²) >= 11 is 0. The van der Waals surface area contributed by atoms with Crippen LogP contribution in [0.1, 0.15) is 58.2 Å². The Hall–Kier alpha value is -0.830. The van der Waals surface area contributed by atoms with Crippen molar-refractivity contribution in [2.24, 2.45) is 0 Å². The molecule has 0 bridgehead atoms. The molecule has 0 aromatic heterocycles. The molecule has 0 aliphatic carbocycles. The molecule has 19 heavy (non-hydrogen) atoms. The maximum absolute atomic E-state index is 11.6. The number of benzene rings is 1. The molecule has 1 aromatic rings. The molecule has 0 fully saturated rings. The highest BCUT2D eigenvalue weighted by atomic mass is 32.2. The quantitative estimate of drug-likeness (QED) is 0.826. The van der Waals surface area contributed by atoms with Gasteiger partial charge in [0.15, 0.2) is 9.84 Å². The summed E-state index contributed by atoms with van der Waals surface area (Å²) in [6.07, 6.45) is 1.29. The molecule has 2 nitrogen and oxygen atoms in total. The van der Waals surface area contributed by atoms with Gasteiger partial charge in [0, 0.05) is 6.26 Å². The molecule has 108 valence electrons. The first-order chi connectivity index (χ1) is 8.31. The summed E-state index contributed by atoms with van der Waals surface area (Å²) < 4.78 is 23.3. The molecule has 0 saturated heterocycles. The van der Waals surface area contributed by atoms with E-state index in [9.17, 15) is 8.42 Å². The minimum atomic E-state index is -3.02. The van der Waals surface area contributed by atoms with E-state index >= 15 is 0 Å². The third kappa shape index (κ3) is 4.64. The fourth-order valence-electron chi connectivity index (χ4n) is 2.19. The van der Waals surface area contributed by atoms with Crippen LogP contribution in [0.4, 0.5) is 0 Å². The molecular weight excluding hydrogens is 256 g/mol. The summed E-state index contributed by atoms with van der Waals surface area (Å²) in [5, 5.41) is 0. The average molecular weight is 282 g/mol. The van der Waals surface area contributed by atoms with E-state index in [0.717, 1.165) is 11.1 Å². The molecule has 0 radical (unpaired) electrons. The van der Waals surface area contributed by atoms with Gasteiger partial charge in [0.1, 0.15) is 0 Å².